The third kappa shape index (κ3) is 2.91. The zero-order valence-corrected chi connectivity index (χ0v) is 10.6. The van der Waals surface area contributed by atoms with Crippen molar-refractivity contribution in [2.75, 3.05) is 13.7 Å². The van der Waals surface area contributed by atoms with Gasteiger partial charge in [-0.15, -0.1) is 0 Å². The van der Waals surface area contributed by atoms with Gasteiger partial charge in [0.25, 0.3) is 0 Å². The zero-order chi connectivity index (χ0) is 12.3. The van der Waals surface area contributed by atoms with Crippen molar-refractivity contribution in [2.45, 2.75) is 32.2 Å². The van der Waals surface area contributed by atoms with Gasteiger partial charge in [-0.2, -0.15) is 0 Å². The van der Waals surface area contributed by atoms with Gasteiger partial charge in [0.15, 0.2) is 11.5 Å². The molecule has 2 rings (SSSR count). The third-order valence-electron chi connectivity index (χ3n) is 3.41. The van der Waals surface area contributed by atoms with Gasteiger partial charge in [-0.25, -0.2) is 0 Å². The first-order valence-corrected chi connectivity index (χ1v) is 6.27. The topological polar surface area (TPSA) is 44.5 Å². The minimum atomic E-state index is 0.0181. The quantitative estimate of drug-likeness (QED) is 0.853. The lowest BCUT2D eigenvalue weighted by Gasteiger charge is -2.25. The highest BCUT2D eigenvalue weighted by molar-refractivity contribution is 5.43. The molecule has 1 atom stereocenters. The molecule has 94 valence electrons. The number of hydrogen-bond acceptors (Lipinski definition) is 3. The van der Waals surface area contributed by atoms with Crippen LogP contribution in [0.3, 0.4) is 0 Å². The second kappa shape index (κ2) is 5.41. The molecule has 0 aromatic heterocycles. The van der Waals surface area contributed by atoms with Crippen LogP contribution in [0, 0.1) is 5.92 Å². The molecule has 17 heavy (non-hydrogen) atoms. The molecule has 0 saturated heterocycles. The van der Waals surface area contributed by atoms with Crippen LogP contribution >= 0.6 is 0 Å². The van der Waals surface area contributed by atoms with Crippen LogP contribution in [0.1, 0.15) is 37.8 Å². The van der Waals surface area contributed by atoms with E-state index in [-0.39, 0.29) is 6.04 Å². The summed E-state index contributed by atoms with van der Waals surface area (Å²) in [6.45, 7) is 2.76. The van der Waals surface area contributed by atoms with Crippen LogP contribution in [-0.2, 0) is 0 Å². The molecule has 0 amide bonds. The molecule has 0 radical (unpaired) electrons. The SMILES string of the molecule is COc1cc([C@@H](C)N)ccc1OCC1CCC1. The summed E-state index contributed by atoms with van der Waals surface area (Å²) in [7, 11) is 1.66. The first kappa shape index (κ1) is 12.2. The fourth-order valence-electron chi connectivity index (χ4n) is 1.95. The van der Waals surface area contributed by atoms with Crippen molar-refractivity contribution in [2.24, 2.45) is 11.7 Å². The van der Waals surface area contributed by atoms with Gasteiger partial charge in [0, 0.05) is 6.04 Å². The molecule has 2 N–H and O–H groups in total. The predicted molar refractivity (Wildman–Crippen MR) is 68.4 cm³/mol. The van der Waals surface area contributed by atoms with Gasteiger partial charge in [-0.1, -0.05) is 12.5 Å². The predicted octanol–water partition coefficient (Wildman–Crippen LogP) is 2.89. The number of nitrogens with two attached hydrogens (primary N) is 1. The molecule has 0 heterocycles. The zero-order valence-electron chi connectivity index (χ0n) is 10.6. The van der Waals surface area contributed by atoms with Gasteiger partial charge in [-0.3, -0.25) is 0 Å². The van der Waals surface area contributed by atoms with E-state index in [4.69, 9.17) is 15.2 Å². The summed E-state index contributed by atoms with van der Waals surface area (Å²) in [5.74, 6) is 2.33. The lowest BCUT2D eigenvalue weighted by molar-refractivity contribution is 0.176. The molecule has 3 nitrogen and oxygen atoms in total. The largest absolute Gasteiger partial charge is 0.493 e. The van der Waals surface area contributed by atoms with Crippen molar-refractivity contribution in [3.05, 3.63) is 23.8 Å². The lowest BCUT2D eigenvalue weighted by Crippen LogP contribution is -2.19. The van der Waals surface area contributed by atoms with Crippen LogP contribution < -0.4 is 15.2 Å². The van der Waals surface area contributed by atoms with Gasteiger partial charge < -0.3 is 15.2 Å². The third-order valence-corrected chi connectivity index (χ3v) is 3.41. The standard InChI is InChI=1S/C14H21NO2/c1-10(15)12-6-7-13(14(8-12)16-2)17-9-11-4-3-5-11/h6-8,10-11H,3-5,9,15H2,1-2H3/t10-/m1/s1. The monoisotopic (exact) mass is 235 g/mol. The van der Waals surface area contributed by atoms with Crippen LogP contribution in [-0.4, -0.2) is 13.7 Å². The Hall–Kier alpha value is -1.22. The Morgan fingerprint density at radius 3 is 2.65 bits per heavy atom. The molecular formula is C14H21NO2. The van der Waals surface area contributed by atoms with Crippen molar-refractivity contribution in [3.63, 3.8) is 0 Å². The second-order valence-electron chi connectivity index (χ2n) is 4.81. The van der Waals surface area contributed by atoms with Gasteiger partial charge >= 0.3 is 0 Å². The summed E-state index contributed by atoms with van der Waals surface area (Å²) >= 11 is 0. The first-order valence-electron chi connectivity index (χ1n) is 6.27. The van der Waals surface area contributed by atoms with E-state index in [1.807, 2.05) is 25.1 Å². The smallest absolute Gasteiger partial charge is 0.161 e. The second-order valence-corrected chi connectivity index (χ2v) is 4.81. The fraction of sp³-hybridized carbons (Fsp3) is 0.571. The van der Waals surface area contributed by atoms with E-state index >= 15 is 0 Å². The van der Waals surface area contributed by atoms with E-state index in [9.17, 15) is 0 Å². The van der Waals surface area contributed by atoms with Crippen molar-refractivity contribution in [1.82, 2.24) is 0 Å². The Balaban J connectivity index is 2.04. The number of ether oxygens (including phenoxy) is 2. The normalized spacial score (nSPS) is 17.4. The van der Waals surface area contributed by atoms with Crippen LogP contribution in [0.2, 0.25) is 0 Å². The van der Waals surface area contributed by atoms with E-state index in [1.54, 1.807) is 7.11 Å². The fourth-order valence-corrected chi connectivity index (χ4v) is 1.95. The van der Waals surface area contributed by atoms with E-state index in [2.05, 4.69) is 0 Å². The molecule has 1 aliphatic rings. The van der Waals surface area contributed by atoms with Crippen molar-refractivity contribution < 1.29 is 9.47 Å². The molecule has 3 heteroatoms. The highest BCUT2D eigenvalue weighted by atomic mass is 16.5. The molecule has 1 saturated carbocycles. The average molecular weight is 235 g/mol. The molecular weight excluding hydrogens is 214 g/mol. The van der Waals surface area contributed by atoms with Crippen LogP contribution in [0.4, 0.5) is 0 Å². The van der Waals surface area contributed by atoms with Gasteiger partial charge in [-0.05, 0) is 43.4 Å². The summed E-state index contributed by atoms with van der Waals surface area (Å²) in [4.78, 5) is 0. The number of benzene rings is 1. The molecule has 1 fully saturated rings. The first-order chi connectivity index (χ1) is 8.20. The average Bonchev–Trinajstić information content (AvgIpc) is 2.27. The highest BCUT2D eigenvalue weighted by Gasteiger charge is 2.18. The maximum absolute atomic E-state index is 5.84. The maximum atomic E-state index is 5.84. The molecule has 0 unspecified atom stereocenters. The maximum Gasteiger partial charge on any atom is 0.161 e. The minimum Gasteiger partial charge on any atom is -0.493 e. The van der Waals surface area contributed by atoms with E-state index in [0.717, 1.165) is 29.6 Å². The molecule has 0 aliphatic heterocycles. The van der Waals surface area contributed by atoms with Crippen molar-refractivity contribution >= 4 is 0 Å². The summed E-state index contributed by atoms with van der Waals surface area (Å²) in [6, 6.07) is 5.94. The van der Waals surface area contributed by atoms with E-state index < -0.39 is 0 Å². The Labute approximate surface area is 103 Å². The highest BCUT2D eigenvalue weighted by Crippen LogP contribution is 2.32. The van der Waals surface area contributed by atoms with Crippen molar-refractivity contribution in [3.8, 4) is 11.5 Å². The Kier molecular flexibility index (Phi) is 3.89. The molecule has 1 aromatic carbocycles. The Morgan fingerprint density at radius 2 is 2.12 bits per heavy atom. The number of methoxy groups -OCH3 is 1. The van der Waals surface area contributed by atoms with E-state index in [0.29, 0.717) is 0 Å². The van der Waals surface area contributed by atoms with Gasteiger partial charge in [0.1, 0.15) is 0 Å². The Bertz CT molecular complexity index is 372. The van der Waals surface area contributed by atoms with Crippen LogP contribution in [0.15, 0.2) is 18.2 Å². The van der Waals surface area contributed by atoms with Crippen LogP contribution in [0.5, 0.6) is 11.5 Å². The Morgan fingerprint density at radius 1 is 1.35 bits per heavy atom. The molecule has 0 bridgehead atoms. The summed E-state index contributed by atoms with van der Waals surface area (Å²) < 4.78 is 11.1. The molecule has 0 spiro atoms. The number of hydrogen-bond donors (Lipinski definition) is 1. The minimum absolute atomic E-state index is 0.0181. The van der Waals surface area contributed by atoms with E-state index in [1.165, 1.54) is 19.3 Å². The van der Waals surface area contributed by atoms with Crippen LogP contribution in [0.25, 0.3) is 0 Å². The number of rotatable bonds is 5. The molecule has 1 aromatic rings. The van der Waals surface area contributed by atoms with Crippen molar-refractivity contribution in [1.29, 1.82) is 0 Å². The summed E-state index contributed by atoms with van der Waals surface area (Å²) in [5, 5.41) is 0. The van der Waals surface area contributed by atoms with Gasteiger partial charge in [0.2, 0.25) is 0 Å². The molecule has 1 aliphatic carbocycles. The van der Waals surface area contributed by atoms with Gasteiger partial charge in [0.05, 0.1) is 13.7 Å². The summed E-state index contributed by atoms with van der Waals surface area (Å²) in [6.07, 6.45) is 3.93. The lowest BCUT2D eigenvalue weighted by atomic mass is 9.86. The summed E-state index contributed by atoms with van der Waals surface area (Å²) in [5.41, 5.74) is 6.91.